The number of aliphatic hydroxyl groups is 1. The molecule has 0 aliphatic carbocycles. The lowest BCUT2D eigenvalue weighted by molar-refractivity contribution is 0.0668. The third kappa shape index (κ3) is 3.44. The molecule has 2 saturated heterocycles. The van der Waals surface area contributed by atoms with Crippen molar-refractivity contribution in [2.24, 2.45) is 0 Å². The molecule has 0 aromatic rings. The average Bonchev–Trinajstić information content (AvgIpc) is 2.76. The van der Waals surface area contributed by atoms with Crippen molar-refractivity contribution in [2.75, 3.05) is 26.2 Å². The minimum atomic E-state index is -0.441. The quantitative estimate of drug-likeness (QED) is 0.766. The second kappa shape index (κ2) is 4.81. The van der Waals surface area contributed by atoms with Crippen LogP contribution in [0.1, 0.15) is 39.0 Å². The molecular formula is C12H23NO2. The molecule has 0 aromatic carbocycles. The van der Waals surface area contributed by atoms with Crippen LogP contribution >= 0.6 is 0 Å². The Hall–Kier alpha value is -0.120. The molecule has 0 radical (unpaired) electrons. The Bertz CT molecular complexity index is 200. The maximum atomic E-state index is 9.81. The zero-order valence-electron chi connectivity index (χ0n) is 9.74. The molecule has 2 aliphatic rings. The normalized spacial score (nSPS) is 37.6. The van der Waals surface area contributed by atoms with Crippen LogP contribution in [0.4, 0.5) is 0 Å². The fourth-order valence-corrected chi connectivity index (χ4v) is 2.64. The van der Waals surface area contributed by atoms with E-state index in [0.717, 1.165) is 32.7 Å². The number of ether oxygens (including phenoxy) is 1. The van der Waals surface area contributed by atoms with E-state index in [2.05, 4.69) is 4.90 Å². The molecule has 2 aliphatic heterocycles. The number of nitrogens with zero attached hydrogens (tertiary/aromatic N) is 1. The third-order valence-electron chi connectivity index (χ3n) is 3.56. The summed E-state index contributed by atoms with van der Waals surface area (Å²) in [4.78, 5) is 2.37. The molecule has 88 valence electrons. The highest BCUT2D eigenvalue weighted by molar-refractivity contribution is 4.85. The van der Waals surface area contributed by atoms with Crippen molar-refractivity contribution in [1.82, 2.24) is 4.90 Å². The summed E-state index contributed by atoms with van der Waals surface area (Å²) in [7, 11) is 0. The van der Waals surface area contributed by atoms with E-state index >= 15 is 0 Å². The van der Waals surface area contributed by atoms with Gasteiger partial charge in [-0.25, -0.2) is 0 Å². The predicted octanol–water partition coefficient (Wildman–Crippen LogP) is 1.40. The Kier molecular flexibility index (Phi) is 3.65. The van der Waals surface area contributed by atoms with Gasteiger partial charge < -0.3 is 14.7 Å². The molecule has 1 N–H and O–H groups in total. The Morgan fingerprint density at radius 2 is 2.40 bits per heavy atom. The largest absolute Gasteiger partial charge is 0.389 e. The first-order valence-electron chi connectivity index (χ1n) is 6.22. The molecule has 0 spiro atoms. The summed E-state index contributed by atoms with van der Waals surface area (Å²) >= 11 is 0. The fraction of sp³-hybridized carbons (Fsp3) is 1.00. The predicted molar refractivity (Wildman–Crippen MR) is 59.9 cm³/mol. The molecule has 0 amide bonds. The van der Waals surface area contributed by atoms with Crippen LogP contribution < -0.4 is 0 Å². The van der Waals surface area contributed by atoms with E-state index in [0.29, 0.717) is 6.10 Å². The van der Waals surface area contributed by atoms with Crippen LogP contribution in [0.3, 0.4) is 0 Å². The second-order valence-electron chi connectivity index (χ2n) is 5.30. The first-order valence-corrected chi connectivity index (χ1v) is 6.22. The summed E-state index contributed by atoms with van der Waals surface area (Å²) in [5.74, 6) is 0. The van der Waals surface area contributed by atoms with E-state index in [1.165, 1.54) is 25.7 Å². The van der Waals surface area contributed by atoms with Gasteiger partial charge in [-0.2, -0.15) is 0 Å². The van der Waals surface area contributed by atoms with E-state index in [-0.39, 0.29) is 0 Å². The minimum Gasteiger partial charge on any atom is -0.389 e. The van der Waals surface area contributed by atoms with Crippen molar-refractivity contribution in [3.8, 4) is 0 Å². The van der Waals surface area contributed by atoms with Crippen molar-refractivity contribution in [3.63, 3.8) is 0 Å². The third-order valence-corrected chi connectivity index (χ3v) is 3.56. The topological polar surface area (TPSA) is 32.7 Å². The van der Waals surface area contributed by atoms with Crippen LogP contribution in [-0.4, -0.2) is 48.0 Å². The van der Waals surface area contributed by atoms with Gasteiger partial charge in [0, 0.05) is 19.7 Å². The first-order chi connectivity index (χ1) is 7.16. The Balaban J connectivity index is 1.58. The maximum Gasteiger partial charge on any atom is 0.0758 e. The summed E-state index contributed by atoms with van der Waals surface area (Å²) in [5, 5.41) is 9.81. The summed E-state index contributed by atoms with van der Waals surface area (Å²) in [5.41, 5.74) is -0.441. The highest BCUT2D eigenvalue weighted by Crippen LogP contribution is 2.22. The molecule has 3 heteroatoms. The van der Waals surface area contributed by atoms with E-state index in [1.807, 2.05) is 6.92 Å². The van der Waals surface area contributed by atoms with Crippen LogP contribution in [0.5, 0.6) is 0 Å². The van der Waals surface area contributed by atoms with Crippen LogP contribution in [0, 0.1) is 0 Å². The molecular weight excluding hydrogens is 190 g/mol. The standard InChI is InChI=1S/C12H23NO2/c1-12(14)6-8-13(10-12)7-2-4-11-5-3-9-15-11/h11,14H,2-10H2,1H3. The van der Waals surface area contributed by atoms with Crippen molar-refractivity contribution < 1.29 is 9.84 Å². The Morgan fingerprint density at radius 1 is 1.53 bits per heavy atom. The molecule has 2 unspecified atom stereocenters. The summed E-state index contributed by atoms with van der Waals surface area (Å²) < 4.78 is 5.59. The number of hydrogen-bond acceptors (Lipinski definition) is 3. The lowest BCUT2D eigenvalue weighted by Crippen LogP contribution is -2.30. The number of β-amino-alcohol motifs (C(OH)–C–C–N with tert-alkyl or cyclic N) is 1. The average molecular weight is 213 g/mol. The molecule has 0 saturated carbocycles. The molecule has 0 aromatic heterocycles. The van der Waals surface area contributed by atoms with Crippen molar-refractivity contribution in [2.45, 2.75) is 50.7 Å². The number of hydrogen-bond donors (Lipinski definition) is 1. The van der Waals surface area contributed by atoms with Gasteiger partial charge in [0.05, 0.1) is 11.7 Å². The zero-order chi connectivity index (χ0) is 10.7. The summed E-state index contributed by atoms with van der Waals surface area (Å²) in [6.07, 6.45) is 6.33. The lowest BCUT2D eigenvalue weighted by atomic mass is 10.1. The zero-order valence-corrected chi connectivity index (χ0v) is 9.74. The minimum absolute atomic E-state index is 0.441. The van der Waals surface area contributed by atoms with Gasteiger partial charge in [-0.05, 0) is 45.6 Å². The summed E-state index contributed by atoms with van der Waals surface area (Å²) in [6.45, 7) is 5.92. The lowest BCUT2D eigenvalue weighted by Gasteiger charge is -2.19. The van der Waals surface area contributed by atoms with Crippen molar-refractivity contribution >= 4 is 0 Å². The molecule has 15 heavy (non-hydrogen) atoms. The SMILES string of the molecule is CC1(O)CCN(CCCC2CCCO2)C1. The van der Waals surface area contributed by atoms with Crippen LogP contribution in [0.2, 0.25) is 0 Å². The molecule has 3 nitrogen and oxygen atoms in total. The molecule has 0 bridgehead atoms. The van der Waals surface area contributed by atoms with Gasteiger partial charge in [0.15, 0.2) is 0 Å². The van der Waals surface area contributed by atoms with E-state index < -0.39 is 5.60 Å². The van der Waals surface area contributed by atoms with E-state index in [1.54, 1.807) is 0 Å². The molecule has 2 fully saturated rings. The van der Waals surface area contributed by atoms with E-state index in [9.17, 15) is 5.11 Å². The number of likely N-dealkylation sites (tertiary alicyclic amines) is 1. The van der Waals surface area contributed by atoms with Gasteiger partial charge in [-0.1, -0.05) is 0 Å². The summed E-state index contributed by atoms with van der Waals surface area (Å²) in [6, 6.07) is 0. The smallest absolute Gasteiger partial charge is 0.0758 e. The van der Waals surface area contributed by atoms with Crippen LogP contribution in [-0.2, 0) is 4.74 Å². The Morgan fingerprint density at radius 3 is 3.00 bits per heavy atom. The number of rotatable bonds is 4. The molecule has 2 rings (SSSR count). The van der Waals surface area contributed by atoms with Crippen molar-refractivity contribution in [3.05, 3.63) is 0 Å². The monoisotopic (exact) mass is 213 g/mol. The van der Waals surface area contributed by atoms with Gasteiger partial charge in [-0.15, -0.1) is 0 Å². The van der Waals surface area contributed by atoms with Gasteiger partial charge in [0.25, 0.3) is 0 Å². The second-order valence-corrected chi connectivity index (χ2v) is 5.30. The molecule has 2 atom stereocenters. The van der Waals surface area contributed by atoms with Crippen LogP contribution in [0.15, 0.2) is 0 Å². The highest BCUT2D eigenvalue weighted by atomic mass is 16.5. The molecule has 2 heterocycles. The van der Waals surface area contributed by atoms with Crippen LogP contribution in [0.25, 0.3) is 0 Å². The van der Waals surface area contributed by atoms with Crippen molar-refractivity contribution in [1.29, 1.82) is 0 Å². The van der Waals surface area contributed by atoms with E-state index in [4.69, 9.17) is 4.74 Å². The maximum absolute atomic E-state index is 9.81. The van der Waals surface area contributed by atoms with Gasteiger partial charge in [0.2, 0.25) is 0 Å². The van der Waals surface area contributed by atoms with Gasteiger partial charge in [0.1, 0.15) is 0 Å². The first kappa shape index (κ1) is 11.4. The highest BCUT2D eigenvalue weighted by Gasteiger charge is 2.30. The van der Waals surface area contributed by atoms with Gasteiger partial charge in [-0.3, -0.25) is 0 Å². The Labute approximate surface area is 92.4 Å². The van der Waals surface area contributed by atoms with Gasteiger partial charge >= 0.3 is 0 Å². The fourth-order valence-electron chi connectivity index (χ4n) is 2.64.